The molecule has 0 spiro atoms. The molecule has 0 aromatic heterocycles. The van der Waals surface area contributed by atoms with Crippen LogP contribution < -0.4 is 0 Å². The summed E-state index contributed by atoms with van der Waals surface area (Å²) in [6, 6.07) is 0. The van der Waals surface area contributed by atoms with Crippen LogP contribution in [-0.2, 0) is 9.68 Å². The van der Waals surface area contributed by atoms with Crippen molar-refractivity contribution in [2.75, 3.05) is 0 Å². The third-order valence-corrected chi connectivity index (χ3v) is 1.66. The summed E-state index contributed by atoms with van der Waals surface area (Å²) < 4.78 is 0. The molecule has 0 unspecified atom stereocenters. The molecule has 0 rings (SSSR count). The highest BCUT2D eigenvalue weighted by molar-refractivity contribution is 4.64. The van der Waals surface area contributed by atoms with E-state index in [1.165, 1.54) is 0 Å². The van der Waals surface area contributed by atoms with Crippen LogP contribution in [0.25, 0.3) is 0 Å². The SMILES string of the molecule is CC[C@@H](O[N+](=O)[O-])[C@@H](CC)O[N+](=O)[O-]. The fourth-order valence-electron chi connectivity index (χ4n) is 1.03. The first-order valence-electron chi connectivity index (χ1n) is 4.13. The predicted molar refractivity (Wildman–Crippen MR) is 44.3 cm³/mol. The average Bonchev–Trinajstić information content (AvgIpc) is 2.10. The monoisotopic (exact) mass is 208 g/mol. The Hall–Kier alpha value is -1.60. The molecule has 14 heavy (non-hydrogen) atoms. The first-order chi connectivity index (χ1) is 6.51. The molecule has 0 aliphatic heterocycles. The largest absolute Gasteiger partial charge is 0.308 e. The van der Waals surface area contributed by atoms with Gasteiger partial charge < -0.3 is 9.68 Å². The lowest BCUT2D eigenvalue weighted by Gasteiger charge is -2.20. The van der Waals surface area contributed by atoms with Crippen molar-refractivity contribution in [3.8, 4) is 0 Å². The zero-order valence-corrected chi connectivity index (χ0v) is 7.91. The summed E-state index contributed by atoms with van der Waals surface area (Å²) in [6.07, 6.45) is -1.26. The van der Waals surface area contributed by atoms with Crippen molar-refractivity contribution >= 4 is 0 Å². The molecule has 0 heterocycles. The highest BCUT2D eigenvalue weighted by atomic mass is 17.0. The summed E-state index contributed by atoms with van der Waals surface area (Å²) in [6.45, 7) is 3.25. The van der Waals surface area contributed by atoms with Gasteiger partial charge in [0.25, 0.3) is 10.2 Å². The van der Waals surface area contributed by atoms with Gasteiger partial charge in [0.15, 0.2) is 0 Å². The summed E-state index contributed by atoms with van der Waals surface area (Å²) in [5, 5.41) is 18.1. The smallest absolute Gasteiger partial charge is 0.294 e. The summed E-state index contributed by atoms with van der Waals surface area (Å²) >= 11 is 0. The molecule has 8 nitrogen and oxygen atoms in total. The van der Waals surface area contributed by atoms with Gasteiger partial charge in [-0.25, -0.2) is 0 Å². The molecule has 0 fully saturated rings. The number of rotatable bonds is 7. The predicted octanol–water partition coefficient (Wildman–Crippen LogP) is 0.960. The van der Waals surface area contributed by atoms with Gasteiger partial charge in [0.05, 0.1) is 0 Å². The molecule has 0 amide bonds. The Morgan fingerprint density at radius 3 is 1.43 bits per heavy atom. The van der Waals surface area contributed by atoms with Crippen molar-refractivity contribution in [2.24, 2.45) is 0 Å². The second kappa shape index (κ2) is 5.95. The standard InChI is InChI=1S/C6H12N2O6/c1-3-5(13-7(9)10)6(4-2)14-8(11)12/h5-6H,3-4H2,1-2H3/t5-,6-/m1/s1. The molecular formula is C6H12N2O6. The first-order valence-corrected chi connectivity index (χ1v) is 4.13. The lowest BCUT2D eigenvalue weighted by Crippen LogP contribution is -2.34. The van der Waals surface area contributed by atoms with Crippen LogP contribution in [0.3, 0.4) is 0 Å². The molecule has 0 bridgehead atoms. The maximum atomic E-state index is 10.0. The van der Waals surface area contributed by atoms with E-state index in [2.05, 4.69) is 9.68 Å². The van der Waals surface area contributed by atoms with Crippen LogP contribution in [0.2, 0.25) is 0 Å². The lowest BCUT2D eigenvalue weighted by atomic mass is 10.1. The second-order valence-corrected chi connectivity index (χ2v) is 2.55. The van der Waals surface area contributed by atoms with Gasteiger partial charge in [0.2, 0.25) is 0 Å². The summed E-state index contributed by atoms with van der Waals surface area (Å²) in [7, 11) is 0. The number of hydrogen-bond acceptors (Lipinski definition) is 6. The Morgan fingerprint density at radius 1 is 1.00 bits per heavy atom. The van der Waals surface area contributed by atoms with Crippen LogP contribution in [0.15, 0.2) is 0 Å². The fourth-order valence-corrected chi connectivity index (χ4v) is 1.03. The molecule has 0 N–H and O–H groups in total. The lowest BCUT2D eigenvalue weighted by molar-refractivity contribution is -0.799. The minimum atomic E-state index is -0.972. The van der Waals surface area contributed by atoms with Gasteiger partial charge in [-0.1, -0.05) is 13.8 Å². The molecule has 0 aromatic carbocycles. The van der Waals surface area contributed by atoms with Crippen molar-refractivity contribution in [2.45, 2.75) is 38.9 Å². The van der Waals surface area contributed by atoms with Crippen molar-refractivity contribution in [1.82, 2.24) is 0 Å². The minimum Gasteiger partial charge on any atom is -0.308 e. The molecule has 0 radical (unpaired) electrons. The Bertz CT molecular complexity index is 186. The Kier molecular flexibility index (Phi) is 5.27. The Labute approximate surface area is 80.0 Å². The molecule has 8 heteroatoms. The zero-order chi connectivity index (χ0) is 11.1. The highest BCUT2D eigenvalue weighted by Crippen LogP contribution is 2.12. The van der Waals surface area contributed by atoms with Crippen LogP contribution in [-0.4, -0.2) is 22.4 Å². The van der Waals surface area contributed by atoms with Crippen LogP contribution in [0.5, 0.6) is 0 Å². The van der Waals surface area contributed by atoms with Gasteiger partial charge in [-0.05, 0) is 12.8 Å². The molecule has 0 aliphatic carbocycles. The molecule has 2 atom stereocenters. The van der Waals surface area contributed by atoms with Gasteiger partial charge in [0, 0.05) is 0 Å². The molecule has 0 aliphatic rings. The Balaban J connectivity index is 4.28. The number of nitrogens with zero attached hydrogens (tertiary/aromatic N) is 2. The van der Waals surface area contributed by atoms with E-state index < -0.39 is 22.4 Å². The minimum absolute atomic E-state index is 0.271. The third-order valence-electron chi connectivity index (χ3n) is 1.66. The van der Waals surface area contributed by atoms with Gasteiger partial charge in [-0.2, -0.15) is 0 Å². The zero-order valence-electron chi connectivity index (χ0n) is 7.91. The van der Waals surface area contributed by atoms with E-state index in [9.17, 15) is 20.2 Å². The highest BCUT2D eigenvalue weighted by Gasteiger charge is 2.25. The van der Waals surface area contributed by atoms with E-state index in [1.807, 2.05) is 0 Å². The van der Waals surface area contributed by atoms with Crippen LogP contribution in [0.1, 0.15) is 26.7 Å². The van der Waals surface area contributed by atoms with Crippen LogP contribution >= 0.6 is 0 Å². The molecule has 0 aromatic rings. The van der Waals surface area contributed by atoms with Crippen molar-refractivity contribution < 1.29 is 19.8 Å². The van der Waals surface area contributed by atoms with E-state index in [1.54, 1.807) is 13.8 Å². The fraction of sp³-hybridized carbons (Fsp3) is 1.00. The van der Waals surface area contributed by atoms with Crippen molar-refractivity contribution in [3.05, 3.63) is 20.2 Å². The molecule has 82 valence electrons. The third kappa shape index (κ3) is 4.43. The summed E-state index contributed by atoms with van der Waals surface area (Å²) in [5.74, 6) is 0. The second-order valence-electron chi connectivity index (χ2n) is 2.55. The summed E-state index contributed by atoms with van der Waals surface area (Å²) in [5.41, 5.74) is 0. The Morgan fingerprint density at radius 2 is 1.29 bits per heavy atom. The molecular weight excluding hydrogens is 196 g/mol. The average molecular weight is 208 g/mol. The van der Waals surface area contributed by atoms with Crippen molar-refractivity contribution in [1.29, 1.82) is 0 Å². The van der Waals surface area contributed by atoms with Gasteiger partial charge in [0.1, 0.15) is 12.2 Å². The van der Waals surface area contributed by atoms with Crippen LogP contribution in [0, 0.1) is 20.2 Å². The van der Waals surface area contributed by atoms with Gasteiger partial charge in [-0.15, -0.1) is 20.2 Å². The normalized spacial score (nSPS) is 14.1. The number of hydrogen-bond donors (Lipinski definition) is 0. The van der Waals surface area contributed by atoms with E-state index in [-0.39, 0.29) is 12.8 Å². The molecule has 0 saturated carbocycles. The van der Waals surface area contributed by atoms with Gasteiger partial charge >= 0.3 is 0 Å². The van der Waals surface area contributed by atoms with Crippen molar-refractivity contribution in [3.63, 3.8) is 0 Å². The maximum absolute atomic E-state index is 10.0. The maximum Gasteiger partial charge on any atom is 0.294 e. The summed E-state index contributed by atoms with van der Waals surface area (Å²) in [4.78, 5) is 28.6. The van der Waals surface area contributed by atoms with E-state index >= 15 is 0 Å². The topological polar surface area (TPSA) is 105 Å². The van der Waals surface area contributed by atoms with E-state index in [0.29, 0.717) is 0 Å². The molecule has 0 saturated heterocycles. The van der Waals surface area contributed by atoms with E-state index in [0.717, 1.165) is 0 Å². The van der Waals surface area contributed by atoms with E-state index in [4.69, 9.17) is 0 Å². The van der Waals surface area contributed by atoms with Gasteiger partial charge in [-0.3, -0.25) is 0 Å². The first kappa shape index (κ1) is 12.4. The van der Waals surface area contributed by atoms with Crippen LogP contribution in [0.4, 0.5) is 0 Å². The quantitative estimate of drug-likeness (QED) is 0.455.